The van der Waals surface area contributed by atoms with Crippen LogP contribution < -0.4 is 0 Å². The number of hydrogen-bond donors (Lipinski definition) is 0. The molecule has 6 nitrogen and oxygen atoms in total. The van der Waals surface area contributed by atoms with Crippen LogP contribution in [0.3, 0.4) is 0 Å². The molecule has 3 aromatic carbocycles. The first-order valence-electron chi connectivity index (χ1n) is 10.00. The molecule has 0 spiro atoms. The molecular formula is C25H20N6. The minimum atomic E-state index is 0.684. The molecule has 0 N–H and O–H groups in total. The lowest BCUT2D eigenvalue weighted by Gasteiger charge is -2.01. The van der Waals surface area contributed by atoms with Gasteiger partial charge in [0.2, 0.25) is 0 Å². The van der Waals surface area contributed by atoms with E-state index < -0.39 is 0 Å². The van der Waals surface area contributed by atoms with Crippen molar-refractivity contribution in [2.45, 2.75) is 6.92 Å². The van der Waals surface area contributed by atoms with Crippen LogP contribution >= 0.6 is 0 Å². The molecule has 31 heavy (non-hydrogen) atoms. The van der Waals surface area contributed by atoms with E-state index >= 15 is 0 Å². The van der Waals surface area contributed by atoms with Gasteiger partial charge in [0.15, 0.2) is 5.82 Å². The van der Waals surface area contributed by atoms with Gasteiger partial charge in [-0.15, -0.1) is 10.2 Å². The summed E-state index contributed by atoms with van der Waals surface area (Å²) in [7, 11) is 0. The summed E-state index contributed by atoms with van der Waals surface area (Å²) < 4.78 is 3.55. The Bertz CT molecular complexity index is 1320. The van der Waals surface area contributed by atoms with Crippen LogP contribution in [0.2, 0.25) is 0 Å². The van der Waals surface area contributed by atoms with Crippen molar-refractivity contribution in [2.24, 2.45) is 5.10 Å². The van der Waals surface area contributed by atoms with Gasteiger partial charge in [0, 0.05) is 22.9 Å². The van der Waals surface area contributed by atoms with Crippen LogP contribution in [-0.4, -0.2) is 30.9 Å². The fraction of sp³-hybridized carbons (Fsp3) is 0.0400. The summed E-state index contributed by atoms with van der Waals surface area (Å²) in [6, 6.07) is 28.3. The monoisotopic (exact) mass is 404 g/mol. The van der Waals surface area contributed by atoms with E-state index in [1.165, 1.54) is 5.56 Å². The highest BCUT2D eigenvalue weighted by Crippen LogP contribution is 2.23. The van der Waals surface area contributed by atoms with Crippen LogP contribution in [0.5, 0.6) is 0 Å². The predicted molar refractivity (Wildman–Crippen MR) is 122 cm³/mol. The molecule has 6 heteroatoms. The fourth-order valence-corrected chi connectivity index (χ4v) is 3.35. The summed E-state index contributed by atoms with van der Waals surface area (Å²) in [6.45, 7) is 2.08. The Morgan fingerprint density at radius 1 is 0.806 bits per heavy atom. The van der Waals surface area contributed by atoms with Crippen LogP contribution in [0.1, 0.15) is 11.1 Å². The fourth-order valence-electron chi connectivity index (χ4n) is 3.35. The van der Waals surface area contributed by atoms with Crippen molar-refractivity contribution in [1.29, 1.82) is 0 Å². The van der Waals surface area contributed by atoms with E-state index in [2.05, 4.69) is 46.5 Å². The molecule has 2 heterocycles. The summed E-state index contributed by atoms with van der Waals surface area (Å²) in [5.41, 5.74) is 5.95. The number of hydrogen-bond acceptors (Lipinski definition) is 4. The van der Waals surface area contributed by atoms with Crippen molar-refractivity contribution in [2.75, 3.05) is 0 Å². The van der Waals surface area contributed by atoms with Crippen molar-refractivity contribution in [3.8, 4) is 28.3 Å². The Labute approximate surface area is 180 Å². The van der Waals surface area contributed by atoms with Gasteiger partial charge in [0.25, 0.3) is 0 Å². The van der Waals surface area contributed by atoms with Gasteiger partial charge in [-0.2, -0.15) is 14.9 Å². The zero-order valence-corrected chi connectivity index (χ0v) is 17.0. The van der Waals surface area contributed by atoms with Crippen molar-refractivity contribution in [1.82, 2.24) is 24.7 Å². The summed E-state index contributed by atoms with van der Waals surface area (Å²) >= 11 is 0. The van der Waals surface area contributed by atoms with Gasteiger partial charge in [0.1, 0.15) is 12.0 Å². The highest BCUT2D eigenvalue weighted by molar-refractivity contribution is 5.88. The normalized spacial score (nSPS) is 11.3. The maximum absolute atomic E-state index is 4.85. The quantitative estimate of drug-likeness (QED) is 0.388. The molecule has 0 aliphatic heterocycles. The van der Waals surface area contributed by atoms with E-state index in [4.69, 9.17) is 5.10 Å². The Hall–Kier alpha value is -4.32. The summed E-state index contributed by atoms with van der Waals surface area (Å²) in [6.07, 6.45) is 5.39. The Balaban J connectivity index is 1.57. The lowest BCUT2D eigenvalue weighted by Crippen LogP contribution is -1.94. The topological polar surface area (TPSA) is 60.9 Å². The van der Waals surface area contributed by atoms with Crippen LogP contribution in [0.15, 0.2) is 103 Å². The van der Waals surface area contributed by atoms with Gasteiger partial charge in [0.05, 0.1) is 11.9 Å². The molecule has 0 unspecified atom stereocenters. The van der Waals surface area contributed by atoms with Crippen LogP contribution in [-0.2, 0) is 0 Å². The molecule has 0 atom stereocenters. The van der Waals surface area contributed by atoms with E-state index in [1.54, 1.807) is 17.2 Å². The highest BCUT2D eigenvalue weighted by atomic mass is 15.4. The average molecular weight is 404 g/mol. The number of nitrogens with zero attached hydrogens (tertiary/aromatic N) is 6. The standard InChI is InChI=1S/C25H20N6/c1-19-12-14-20(15-13-19)24-22(17-30(29-24)23-10-6-3-7-11-23)16-27-31-18-26-28-25(31)21-8-4-2-5-9-21/h2-18H,1H3/b27-16-. The molecule has 2 aromatic heterocycles. The molecule has 0 aliphatic carbocycles. The van der Waals surface area contributed by atoms with E-state index in [1.807, 2.05) is 71.5 Å². The van der Waals surface area contributed by atoms with Gasteiger partial charge in [-0.1, -0.05) is 78.4 Å². The predicted octanol–water partition coefficient (Wildman–Crippen LogP) is 4.99. The maximum atomic E-state index is 4.85. The molecule has 150 valence electrons. The number of para-hydroxylation sites is 1. The van der Waals surface area contributed by atoms with E-state index in [0.29, 0.717) is 5.82 Å². The SMILES string of the molecule is Cc1ccc(-c2nn(-c3ccccc3)cc2/C=N\n2cnnc2-c2ccccc2)cc1. The third-order valence-corrected chi connectivity index (χ3v) is 4.97. The third-order valence-electron chi connectivity index (χ3n) is 4.97. The zero-order valence-electron chi connectivity index (χ0n) is 17.0. The minimum Gasteiger partial charge on any atom is -0.240 e. The van der Waals surface area contributed by atoms with Crippen molar-refractivity contribution in [3.05, 3.63) is 109 Å². The zero-order chi connectivity index (χ0) is 21.0. The van der Waals surface area contributed by atoms with Gasteiger partial charge in [-0.05, 0) is 19.1 Å². The largest absolute Gasteiger partial charge is 0.240 e. The molecule has 5 rings (SSSR count). The second-order valence-electron chi connectivity index (χ2n) is 7.19. The number of aromatic nitrogens is 5. The molecule has 0 radical (unpaired) electrons. The van der Waals surface area contributed by atoms with Gasteiger partial charge < -0.3 is 0 Å². The average Bonchev–Trinajstić information content (AvgIpc) is 3.47. The van der Waals surface area contributed by atoms with Gasteiger partial charge >= 0.3 is 0 Å². The molecule has 0 amide bonds. The first-order chi connectivity index (χ1) is 15.3. The number of rotatable bonds is 5. The number of aryl methyl sites for hydroxylation is 1. The van der Waals surface area contributed by atoms with Crippen molar-refractivity contribution >= 4 is 6.21 Å². The van der Waals surface area contributed by atoms with E-state index in [0.717, 1.165) is 28.1 Å². The van der Waals surface area contributed by atoms with Gasteiger partial charge in [-0.3, -0.25) is 0 Å². The Kier molecular flexibility index (Phi) is 4.94. The van der Waals surface area contributed by atoms with Crippen molar-refractivity contribution in [3.63, 3.8) is 0 Å². The molecule has 0 saturated heterocycles. The third kappa shape index (κ3) is 3.91. The smallest absolute Gasteiger partial charge is 0.184 e. The molecule has 5 aromatic rings. The lowest BCUT2D eigenvalue weighted by atomic mass is 10.1. The van der Waals surface area contributed by atoms with E-state index in [-0.39, 0.29) is 0 Å². The molecule has 0 saturated carbocycles. The van der Waals surface area contributed by atoms with Crippen molar-refractivity contribution < 1.29 is 0 Å². The number of benzene rings is 3. The van der Waals surface area contributed by atoms with Crippen LogP contribution in [0, 0.1) is 6.92 Å². The summed E-state index contributed by atoms with van der Waals surface area (Å²) in [5, 5.41) is 17.7. The molecule has 0 fully saturated rings. The van der Waals surface area contributed by atoms with E-state index in [9.17, 15) is 0 Å². The maximum Gasteiger partial charge on any atom is 0.184 e. The first kappa shape index (κ1) is 18.7. The first-order valence-corrected chi connectivity index (χ1v) is 10.00. The second-order valence-corrected chi connectivity index (χ2v) is 7.19. The molecular weight excluding hydrogens is 384 g/mol. The van der Waals surface area contributed by atoms with Crippen LogP contribution in [0.25, 0.3) is 28.3 Å². The molecule has 0 aliphatic rings. The van der Waals surface area contributed by atoms with Gasteiger partial charge in [-0.25, -0.2) is 4.68 Å². The summed E-state index contributed by atoms with van der Waals surface area (Å²) in [4.78, 5) is 0. The minimum absolute atomic E-state index is 0.684. The Morgan fingerprint density at radius 3 is 2.26 bits per heavy atom. The lowest BCUT2D eigenvalue weighted by molar-refractivity contribution is 0.883. The highest BCUT2D eigenvalue weighted by Gasteiger charge is 2.12. The second kappa shape index (κ2) is 8.20. The molecule has 0 bridgehead atoms. The summed E-state index contributed by atoms with van der Waals surface area (Å²) in [5.74, 6) is 0.684. The van der Waals surface area contributed by atoms with Crippen LogP contribution in [0.4, 0.5) is 0 Å². The Morgan fingerprint density at radius 2 is 1.52 bits per heavy atom.